The number of nitrogens with two attached hydrogens (primary N) is 1. The Bertz CT molecular complexity index is 1680. The summed E-state index contributed by atoms with van der Waals surface area (Å²) in [5.41, 5.74) is 8.82. The van der Waals surface area contributed by atoms with E-state index in [0.717, 1.165) is 16.5 Å². The van der Waals surface area contributed by atoms with E-state index in [4.69, 9.17) is 17.3 Å². The van der Waals surface area contributed by atoms with Crippen molar-refractivity contribution in [3.05, 3.63) is 130 Å². The van der Waals surface area contributed by atoms with Gasteiger partial charge in [-0.25, -0.2) is 0 Å². The number of hydrogen-bond acceptors (Lipinski definition) is 7. The Labute approximate surface area is 243 Å². The molecule has 1 atom stereocenters. The second-order valence-corrected chi connectivity index (χ2v) is 10.1. The molecule has 0 bridgehead atoms. The molecular formula is C32H33ClN4O4. The molecule has 0 aliphatic rings. The lowest BCUT2D eigenvalue weighted by Gasteiger charge is -2.36. The molecule has 1 unspecified atom stereocenters. The lowest BCUT2D eigenvalue weighted by atomic mass is 9.81. The minimum Gasteiger partial charge on any atom is -0.468 e. The Balaban J connectivity index is 1.90. The van der Waals surface area contributed by atoms with Gasteiger partial charge in [0.1, 0.15) is 0 Å². The average Bonchev–Trinajstić information content (AvgIpc) is 2.99. The van der Waals surface area contributed by atoms with Crippen LogP contribution in [0.5, 0.6) is 0 Å². The molecule has 0 fully saturated rings. The minimum absolute atomic E-state index is 0.0843. The molecule has 0 saturated heterocycles. The predicted octanol–water partition coefficient (Wildman–Crippen LogP) is 4.23. The highest BCUT2D eigenvalue weighted by Crippen LogP contribution is 2.40. The molecule has 212 valence electrons. The first-order valence-corrected chi connectivity index (χ1v) is 13.3. The molecule has 0 amide bonds. The Hall–Kier alpha value is -4.37. The summed E-state index contributed by atoms with van der Waals surface area (Å²) in [4.78, 5) is 26.0. The lowest BCUT2D eigenvalue weighted by Crippen LogP contribution is -2.37. The first kappa shape index (κ1) is 29.6. The Kier molecular flexibility index (Phi) is 8.98. The third-order valence-electron chi connectivity index (χ3n) is 7.18. The van der Waals surface area contributed by atoms with Crippen LogP contribution in [0.2, 0.25) is 5.02 Å². The zero-order chi connectivity index (χ0) is 29.7. The summed E-state index contributed by atoms with van der Waals surface area (Å²) in [6.07, 6.45) is 2.92. The van der Waals surface area contributed by atoms with Gasteiger partial charge in [0.15, 0.2) is 5.60 Å². The highest BCUT2D eigenvalue weighted by atomic mass is 35.5. The average molecular weight is 573 g/mol. The molecule has 0 aliphatic carbocycles. The Morgan fingerprint density at radius 1 is 1.15 bits per heavy atom. The number of nitrogens with zero attached hydrogens (tertiary/aromatic N) is 2. The second kappa shape index (κ2) is 12.4. The number of carbonyl (C=O) groups excluding carboxylic acids is 1. The zero-order valence-corrected chi connectivity index (χ0v) is 24.0. The van der Waals surface area contributed by atoms with Crippen molar-refractivity contribution in [3.8, 4) is 11.1 Å². The molecule has 0 aliphatic heterocycles. The van der Waals surface area contributed by atoms with Crippen LogP contribution in [-0.2, 0) is 28.7 Å². The highest BCUT2D eigenvalue weighted by Gasteiger charge is 2.38. The van der Waals surface area contributed by atoms with E-state index in [1.54, 1.807) is 54.0 Å². The quantitative estimate of drug-likeness (QED) is 0.244. The number of ether oxygens (including phenoxy) is 1. The largest absolute Gasteiger partial charge is 0.468 e. The van der Waals surface area contributed by atoms with Crippen LogP contribution in [0.4, 0.5) is 0 Å². The number of nitrogens with one attached hydrogen (secondary N) is 1. The Morgan fingerprint density at radius 2 is 1.85 bits per heavy atom. The normalized spacial score (nSPS) is 13.0. The second-order valence-electron chi connectivity index (χ2n) is 9.63. The number of fused-ring (bicyclic) bond motifs is 1. The van der Waals surface area contributed by atoms with Crippen molar-refractivity contribution in [3.63, 3.8) is 0 Å². The van der Waals surface area contributed by atoms with Crippen LogP contribution in [-0.4, -0.2) is 41.2 Å². The van der Waals surface area contributed by atoms with Gasteiger partial charge in [0, 0.05) is 43.3 Å². The van der Waals surface area contributed by atoms with Gasteiger partial charge in [-0.1, -0.05) is 60.6 Å². The topological polar surface area (TPSA) is 110 Å². The van der Waals surface area contributed by atoms with Gasteiger partial charge in [-0.15, -0.1) is 0 Å². The van der Waals surface area contributed by atoms with Gasteiger partial charge >= 0.3 is 5.97 Å². The molecular weight excluding hydrogens is 540 g/mol. The van der Waals surface area contributed by atoms with Crippen LogP contribution >= 0.6 is 11.6 Å². The van der Waals surface area contributed by atoms with Crippen LogP contribution in [0.1, 0.15) is 16.7 Å². The van der Waals surface area contributed by atoms with Crippen LogP contribution < -0.4 is 16.6 Å². The van der Waals surface area contributed by atoms with Crippen molar-refractivity contribution >= 4 is 28.5 Å². The SMILES string of the molecule is C=CN(C)/C(=C\N)C(O)(c1ccc(CNCC(=O)OC)cc1)c1ccc2c(c1)c(-c1cccc(Cl)c1)cc(=O)n2C. The molecule has 41 heavy (non-hydrogen) atoms. The monoisotopic (exact) mass is 572 g/mol. The lowest BCUT2D eigenvalue weighted by molar-refractivity contribution is -0.139. The van der Waals surface area contributed by atoms with Gasteiger partial charge in [0.05, 0.1) is 24.9 Å². The van der Waals surface area contributed by atoms with Gasteiger partial charge in [-0.3, -0.25) is 9.59 Å². The fraction of sp³-hybridized carbons (Fsp3) is 0.188. The number of aliphatic hydroxyl groups is 1. The first-order chi connectivity index (χ1) is 19.6. The number of rotatable bonds is 10. The van der Waals surface area contributed by atoms with Crippen molar-refractivity contribution in [2.75, 3.05) is 20.7 Å². The fourth-order valence-corrected chi connectivity index (χ4v) is 5.07. The summed E-state index contributed by atoms with van der Waals surface area (Å²) in [7, 11) is 4.80. The number of carbonyl (C=O) groups is 1. The molecule has 4 rings (SSSR count). The maximum atomic E-state index is 12.9. The fourth-order valence-electron chi connectivity index (χ4n) is 4.88. The molecule has 3 aromatic carbocycles. The van der Waals surface area contributed by atoms with Crippen LogP contribution in [0.15, 0.2) is 102 Å². The van der Waals surface area contributed by atoms with Gasteiger partial charge in [-0.2, -0.15) is 0 Å². The first-order valence-electron chi connectivity index (χ1n) is 12.9. The van der Waals surface area contributed by atoms with Crippen molar-refractivity contribution in [2.24, 2.45) is 12.8 Å². The highest BCUT2D eigenvalue weighted by molar-refractivity contribution is 6.30. The molecule has 1 aromatic heterocycles. The zero-order valence-electron chi connectivity index (χ0n) is 23.2. The standard InChI is InChI=1S/C32H33ClN4O4/c1-5-36(2)29(18-34)32(40,23-11-9-21(10-12-23)19-35-20-31(39)41-4)24-13-14-28-27(16-24)26(17-30(38)37(28)3)22-7-6-8-25(33)15-22/h5-18,35,40H,1,19-20,34H2,2-4H3/b29-18-. The molecule has 0 radical (unpaired) electrons. The van der Waals surface area contributed by atoms with Crippen LogP contribution in [0, 0.1) is 0 Å². The Morgan fingerprint density at radius 3 is 2.49 bits per heavy atom. The van der Waals surface area contributed by atoms with Gasteiger partial charge in [-0.05, 0) is 58.3 Å². The van der Waals surface area contributed by atoms with Crippen molar-refractivity contribution in [1.29, 1.82) is 0 Å². The van der Waals surface area contributed by atoms with E-state index in [0.29, 0.717) is 39.5 Å². The van der Waals surface area contributed by atoms with Crippen LogP contribution in [0.3, 0.4) is 0 Å². The molecule has 4 aromatic rings. The molecule has 4 N–H and O–H groups in total. The summed E-state index contributed by atoms with van der Waals surface area (Å²) in [5.74, 6) is -0.355. The number of methoxy groups -OCH3 is 1. The van der Waals surface area contributed by atoms with E-state index < -0.39 is 5.60 Å². The summed E-state index contributed by atoms with van der Waals surface area (Å²) in [6, 6.07) is 21.7. The number of hydrogen-bond donors (Lipinski definition) is 3. The predicted molar refractivity (Wildman–Crippen MR) is 163 cm³/mol. The van der Waals surface area contributed by atoms with Crippen molar-refractivity contribution in [2.45, 2.75) is 12.1 Å². The van der Waals surface area contributed by atoms with E-state index >= 15 is 0 Å². The van der Waals surface area contributed by atoms with E-state index in [1.165, 1.54) is 13.3 Å². The molecule has 8 nitrogen and oxygen atoms in total. The molecule has 9 heteroatoms. The minimum atomic E-state index is -1.69. The smallest absolute Gasteiger partial charge is 0.319 e. The van der Waals surface area contributed by atoms with Gasteiger partial charge < -0.3 is 30.4 Å². The van der Waals surface area contributed by atoms with Crippen molar-refractivity contribution < 1.29 is 14.6 Å². The molecule has 0 saturated carbocycles. The van der Waals surface area contributed by atoms with E-state index in [-0.39, 0.29) is 18.1 Å². The number of aromatic nitrogens is 1. The number of halogens is 1. The van der Waals surface area contributed by atoms with Gasteiger partial charge in [0.2, 0.25) is 0 Å². The maximum Gasteiger partial charge on any atom is 0.319 e. The third-order valence-corrected chi connectivity index (χ3v) is 7.42. The number of aryl methyl sites for hydroxylation is 1. The molecule has 1 heterocycles. The van der Waals surface area contributed by atoms with Crippen LogP contribution in [0.25, 0.3) is 22.0 Å². The third kappa shape index (κ3) is 5.90. The molecule has 0 spiro atoms. The number of likely N-dealkylation sites (N-methyl/N-ethyl adjacent to an activating group) is 1. The van der Waals surface area contributed by atoms with Gasteiger partial charge in [0.25, 0.3) is 5.56 Å². The number of benzene rings is 3. The summed E-state index contributed by atoms with van der Waals surface area (Å²) in [5, 5.41) is 16.9. The van der Waals surface area contributed by atoms with E-state index in [2.05, 4.69) is 16.6 Å². The van der Waals surface area contributed by atoms with Crippen molar-refractivity contribution in [1.82, 2.24) is 14.8 Å². The number of pyridine rings is 1. The summed E-state index contributed by atoms with van der Waals surface area (Å²) in [6.45, 7) is 4.38. The number of esters is 1. The summed E-state index contributed by atoms with van der Waals surface area (Å²) >= 11 is 6.29. The van der Waals surface area contributed by atoms with E-state index in [1.807, 2.05) is 48.5 Å². The summed E-state index contributed by atoms with van der Waals surface area (Å²) < 4.78 is 6.24. The maximum absolute atomic E-state index is 12.9. The van der Waals surface area contributed by atoms with E-state index in [9.17, 15) is 14.7 Å².